The molecule has 1 aromatic carbocycles. The molecule has 0 aliphatic heterocycles. The molecular weight excluding hydrogens is 248 g/mol. The zero-order valence-corrected chi connectivity index (χ0v) is 11.7. The Morgan fingerprint density at radius 2 is 2.00 bits per heavy atom. The molecular formula is C14H20O5. The van der Waals surface area contributed by atoms with Crippen molar-refractivity contribution in [3.05, 3.63) is 23.8 Å². The van der Waals surface area contributed by atoms with Gasteiger partial charge in [-0.25, -0.2) is 0 Å². The molecule has 0 amide bonds. The van der Waals surface area contributed by atoms with E-state index in [0.29, 0.717) is 17.1 Å². The fraction of sp³-hybridized carbons (Fsp3) is 0.500. The topological polar surface area (TPSA) is 65.0 Å². The second-order valence-electron chi connectivity index (χ2n) is 4.32. The molecule has 0 aliphatic carbocycles. The average molecular weight is 268 g/mol. The molecule has 1 aromatic rings. The van der Waals surface area contributed by atoms with E-state index in [0.717, 1.165) is 0 Å². The van der Waals surface area contributed by atoms with Gasteiger partial charge in [0.25, 0.3) is 0 Å². The van der Waals surface area contributed by atoms with E-state index in [2.05, 4.69) is 0 Å². The van der Waals surface area contributed by atoms with Crippen LogP contribution in [0.3, 0.4) is 0 Å². The summed E-state index contributed by atoms with van der Waals surface area (Å²) in [6.07, 6.45) is -0.135. The standard InChI is InChI=1S/C14H20O5/c1-5-19-13(15)9-14(2,16)11-7-6-10(17-3)8-12(11)18-4/h6-8,16H,5,9H2,1-4H3. The Kier molecular flexibility index (Phi) is 5.18. The van der Waals surface area contributed by atoms with Crippen LogP contribution in [0.25, 0.3) is 0 Å². The fourth-order valence-electron chi connectivity index (χ4n) is 1.83. The van der Waals surface area contributed by atoms with Gasteiger partial charge in [-0.05, 0) is 26.0 Å². The van der Waals surface area contributed by atoms with E-state index >= 15 is 0 Å². The number of aliphatic hydroxyl groups is 1. The second-order valence-corrected chi connectivity index (χ2v) is 4.32. The summed E-state index contributed by atoms with van der Waals surface area (Å²) < 4.78 is 15.2. The van der Waals surface area contributed by atoms with E-state index in [4.69, 9.17) is 14.2 Å². The highest BCUT2D eigenvalue weighted by Gasteiger charge is 2.30. The molecule has 19 heavy (non-hydrogen) atoms. The summed E-state index contributed by atoms with van der Waals surface area (Å²) in [6.45, 7) is 3.56. The van der Waals surface area contributed by atoms with Gasteiger partial charge in [-0.1, -0.05) is 0 Å². The molecule has 1 atom stereocenters. The molecule has 0 spiro atoms. The monoisotopic (exact) mass is 268 g/mol. The third-order valence-corrected chi connectivity index (χ3v) is 2.78. The van der Waals surface area contributed by atoms with Crippen molar-refractivity contribution in [2.45, 2.75) is 25.9 Å². The Morgan fingerprint density at radius 1 is 1.32 bits per heavy atom. The van der Waals surface area contributed by atoms with E-state index in [1.54, 1.807) is 39.2 Å². The molecule has 0 fully saturated rings. The average Bonchev–Trinajstić information content (AvgIpc) is 2.37. The van der Waals surface area contributed by atoms with Gasteiger partial charge in [0.05, 0.1) is 27.2 Å². The predicted octanol–water partition coefficient (Wildman–Crippen LogP) is 1.86. The summed E-state index contributed by atoms with van der Waals surface area (Å²) in [7, 11) is 3.05. The van der Waals surface area contributed by atoms with Crippen molar-refractivity contribution in [1.82, 2.24) is 0 Å². The van der Waals surface area contributed by atoms with E-state index in [1.165, 1.54) is 7.11 Å². The van der Waals surface area contributed by atoms with Gasteiger partial charge in [-0.3, -0.25) is 4.79 Å². The van der Waals surface area contributed by atoms with E-state index < -0.39 is 11.6 Å². The largest absolute Gasteiger partial charge is 0.497 e. The van der Waals surface area contributed by atoms with Gasteiger partial charge < -0.3 is 19.3 Å². The normalized spacial score (nSPS) is 13.5. The van der Waals surface area contributed by atoms with Gasteiger partial charge in [0, 0.05) is 11.6 Å². The van der Waals surface area contributed by atoms with Crippen LogP contribution in [-0.4, -0.2) is 31.9 Å². The number of rotatable bonds is 6. The number of hydrogen-bond acceptors (Lipinski definition) is 5. The van der Waals surface area contributed by atoms with Crippen LogP contribution in [0.4, 0.5) is 0 Å². The second kappa shape index (κ2) is 6.43. The number of carbonyl (C=O) groups is 1. The van der Waals surface area contributed by atoms with Gasteiger partial charge in [0.15, 0.2) is 0 Å². The summed E-state index contributed by atoms with van der Waals surface area (Å²) in [5.74, 6) is 0.631. The zero-order valence-electron chi connectivity index (χ0n) is 11.7. The van der Waals surface area contributed by atoms with Crippen LogP contribution >= 0.6 is 0 Å². The SMILES string of the molecule is CCOC(=O)CC(C)(O)c1ccc(OC)cc1OC. The minimum Gasteiger partial charge on any atom is -0.497 e. The lowest BCUT2D eigenvalue weighted by Gasteiger charge is -2.25. The fourth-order valence-corrected chi connectivity index (χ4v) is 1.83. The maximum atomic E-state index is 11.5. The van der Waals surface area contributed by atoms with Crippen LogP contribution < -0.4 is 9.47 Å². The molecule has 0 heterocycles. The smallest absolute Gasteiger partial charge is 0.309 e. The van der Waals surface area contributed by atoms with Crippen molar-refractivity contribution < 1.29 is 24.1 Å². The molecule has 1 N–H and O–H groups in total. The number of carbonyl (C=O) groups excluding carboxylic acids is 1. The number of esters is 1. The van der Waals surface area contributed by atoms with Gasteiger partial charge in [-0.15, -0.1) is 0 Å². The number of benzene rings is 1. The van der Waals surface area contributed by atoms with Crippen molar-refractivity contribution in [2.24, 2.45) is 0 Å². The first-order valence-electron chi connectivity index (χ1n) is 6.05. The molecule has 106 valence electrons. The van der Waals surface area contributed by atoms with Crippen LogP contribution in [0.1, 0.15) is 25.8 Å². The summed E-state index contributed by atoms with van der Waals surface area (Å²) in [6, 6.07) is 5.04. The maximum Gasteiger partial charge on any atom is 0.309 e. The molecule has 5 nitrogen and oxygen atoms in total. The molecule has 0 radical (unpaired) electrons. The van der Waals surface area contributed by atoms with E-state index in [-0.39, 0.29) is 13.0 Å². The van der Waals surface area contributed by atoms with Crippen LogP contribution in [-0.2, 0) is 15.1 Å². The van der Waals surface area contributed by atoms with Crippen molar-refractivity contribution in [2.75, 3.05) is 20.8 Å². The Hall–Kier alpha value is -1.75. The number of hydrogen-bond donors (Lipinski definition) is 1. The lowest BCUT2D eigenvalue weighted by molar-refractivity contribution is -0.148. The number of methoxy groups -OCH3 is 2. The third-order valence-electron chi connectivity index (χ3n) is 2.78. The highest BCUT2D eigenvalue weighted by Crippen LogP contribution is 2.35. The quantitative estimate of drug-likeness (QED) is 0.798. The zero-order chi connectivity index (χ0) is 14.5. The van der Waals surface area contributed by atoms with E-state index in [9.17, 15) is 9.90 Å². The maximum absolute atomic E-state index is 11.5. The molecule has 1 unspecified atom stereocenters. The minimum atomic E-state index is -1.36. The third kappa shape index (κ3) is 3.86. The molecule has 0 aliphatic rings. The summed E-state index contributed by atoms with van der Waals surface area (Å²) in [5, 5.41) is 10.4. The highest BCUT2D eigenvalue weighted by atomic mass is 16.5. The minimum absolute atomic E-state index is 0.135. The van der Waals surface area contributed by atoms with Crippen molar-refractivity contribution >= 4 is 5.97 Å². The molecule has 0 aromatic heterocycles. The first-order valence-corrected chi connectivity index (χ1v) is 6.05. The highest BCUT2D eigenvalue weighted by molar-refractivity contribution is 5.71. The molecule has 0 saturated carbocycles. The van der Waals surface area contributed by atoms with Crippen molar-refractivity contribution in [3.8, 4) is 11.5 Å². The Labute approximate surface area is 113 Å². The predicted molar refractivity (Wildman–Crippen MR) is 70.4 cm³/mol. The van der Waals surface area contributed by atoms with Gasteiger partial charge >= 0.3 is 5.97 Å². The molecule has 1 rings (SSSR count). The first-order chi connectivity index (χ1) is 8.94. The Bertz CT molecular complexity index is 439. The van der Waals surface area contributed by atoms with Crippen molar-refractivity contribution in [3.63, 3.8) is 0 Å². The Balaban J connectivity index is 3.02. The number of ether oxygens (including phenoxy) is 3. The van der Waals surface area contributed by atoms with Gasteiger partial charge in [0.2, 0.25) is 0 Å². The van der Waals surface area contributed by atoms with Crippen LogP contribution in [0.2, 0.25) is 0 Å². The van der Waals surface area contributed by atoms with Crippen LogP contribution in [0, 0.1) is 0 Å². The lowest BCUT2D eigenvalue weighted by Crippen LogP contribution is -2.27. The molecule has 0 saturated heterocycles. The molecule has 0 bridgehead atoms. The summed E-state index contributed by atoms with van der Waals surface area (Å²) in [5.41, 5.74) is -0.840. The Morgan fingerprint density at radius 3 is 2.53 bits per heavy atom. The summed E-state index contributed by atoms with van der Waals surface area (Å²) >= 11 is 0. The first kappa shape index (κ1) is 15.3. The van der Waals surface area contributed by atoms with Crippen molar-refractivity contribution in [1.29, 1.82) is 0 Å². The van der Waals surface area contributed by atoms with Gasteiger partial charge in [0.1, 0.15) is 17.1 Å². The molecule has 5 heteroatoms. The van der Waals surface area contributed by atoms with Crippen LogP contribution in [0.15, 0.2) is 18.2 Å². The van der Waals surface area contributed by atoms with E-state index in [1.807, 2.05) is 0 Å². The van der Waals surface area contributed by atoms with Crippen LogP contribution in [0.5, 0.6) is 11.5 Å². The van der Waals surface area contributed by atoms with Gasteiger partial charge in [-0.2, -0.15) is 0 Å². The lowest BCUT2D eigenvalue weighted by atomic mass is 9.91. The summed E-state index contributed by atoms with van der Waals surface area (Å²) in [4.78, 5) is 11.5.